The van der Waals surface area contributed by atoms with Gasteiger partial charge in [0.2, 0.25) is 0 Å². The molecule has 0 radical (unpaired) electrons. The van der Waals surface area contributed by atoms with E-state index < -0.39 is 0 Å². The molecule has 4 nitrogen and oxygen atoms in total. The lowest BCUT2D eigenvalue weighted by Crippen LogP contribution is -2.18. The lowest BCUT2D eigenvalue weighted by atomic mass is 9.86. The van der Waals surface area contributed by atoms with Crippen LogP contribution in [0.4, 0.5) is 0 Å². The van der Waals surface area contributed by atoms with Gasteiger partial charge in [0.1, 0.15) is 0 Å². The van der Waals surface area contributed by atoms with E-state index in [9.17, 15) is 9.59 Å². The van der Waals surface area contributed by atoms with Gasteiger partial charge in [0.05, 0.1) is 19.1 Å². The molecule has 0 heterocycles. The molecule has 0 spiro atoms. The number of esters is 2. The third kappa shape index (κ3) is 26.2. The van der Waals surface area contributed by atoms with E-state index in [4.69, 9.17) is 9.47 Å². The van der Waals surface area contributed by atoms with Gasteiger partial charge in [0.15, 0.2) is 0 Å². The Hall–Kier alpha value is -1.06. The summed E-state index contributed by atoms with van der Waals surface area (Å²) in [4.78, 5) is 25.0. The van der Waals surface area contributed by atoms with Crippen LogP contribution in [0.3, 0.4) is 0 Å². The summed E-state index contributed by atoms with van der Waals surface area (Å²) in [6.45, 7) is 14.9. The number of ether oxygens (including phenoxy) is 2. The third-order valence-electron chi connectivity index (χ3n) is 9.67. The fourth-order valence-electron chi connectivity index (χ4n) is 6.41. The van der Waals surface area contributed by atoms with Crippen LogP contribution in [0.5, 0.6) is 0 Å². The van der Waals surface area contributed by atoms with Crippen LogP contribution in [-0.4, -0.2) is 25.2 Å². The lowest BCUT2D eigenvalue weighted by Gasteiger charge is -2.21. The zero-order chi connectivity index (χ0) is 32.7. The van der Waals surface area contributed by atoms with Gasteiger partial charge in [0, 0.05) is 6.42 Å². The van der Waals surface area contributed by atoms with Crippen LogP contribution in [0.15, 0.2) is 0 Å². The number of rotatable bonds is 33. The minimum atomic E-state index is 0.00889. The molecule has 0 aromatic heterocycles. The Morgan fingerprint density at radius 3 is 1.59 bits per heavy atom. The molecule has 0 saturated heterocycles. The van der Waals surface area contributed by atoms with E-state index in [1.165, 1.54) is 103 Å². The predicted octanol–water partition coefficient (Wildman–Crippen LogP) is 12.8. The summed E-state index contributed by atoms with van der Waals surface area (Å²) in [5.41, 5.74) is 0. The molecule has 0 aromatic rings. The molecule has 3 atom stereocenters. The first-order valence-electron chi connectivity index (χ1n) is 19.7. The summed E-state index contributed by atoms with van der Waals surface area (Å²) < 4.78 is 11.4. The quantitative estimate of drug-likeness (QED) is 0.0539. The SMILES string of the molecule is CCCCCCC(CCCC)COC(=O)CCCCCC(CCCCCCOC(=O)C(CCCC)CCCCCC)C(C)C. The zero-order valence-corrected chi connectivity index (χ0v) is 30.7. The number of hydrogen-bond acceptors (Lipinski definition) is 4. The molecule has 0 rings (SSSR count). The van der Waals surface area contributed by atoms with E-state index in [1.54, 1.807) is 0 Å². The van der Waals surface area contributed by atoms with Gasteiger partial charge in [-0.05, 0) is 56.3 Å². The molecule has 0 saturated carbocycles. The Labute approximate surface area is 276 Å². The van der Waals surface area contributed by atoms with E-state index in [2.05, 4.69) is 41.5 Å². The first-order valence-corrected chi connectivity index (χ1v) is 19.7. The van der Waals surface area contributed by atoms with E-state index in [1.807, 2.05) is 0 Å². The molecule has 262 valence electrons. The molecule has 0 N–H and O–H groups in total. The molecule has 4 heteroatoms. The number of hydrogen-bond donors (Lipinski definition) is 0. The largest absolute Gasteiger partial charge is 0.465 e. The van der Waals surface area contributed by atoms with Gasteiger partial charge in [-0.15, -0.1) is 0 Å². The van der Waals surface area contributed by atoms with Gasteiger partial charge < -0.3 is 9.47 Å². The summed E-state index contributed by atoms with van der Waals surface area (Å²) in [6, 6.07) is 0. The third-order valence-corrected chi connectivity index (χ3v) is 9.67. The smallest absolute Gasteiger partial charge is 0.308 e. The van der Waals surface area contributed by atoms with Gasteiger partial charge >= 0.3 is 11.9 Å². The first kappa shape index (κ1) is 42.9. The molecular weight excluding hydrogens is 544 g/mol. The van der Waals surface area contributed by atoms with Gasteiger partial charge in [-0.2, -0.15) is 0 Å². The van der Waals surface area contributed by atoms with Crippen molar-refractivity contribution in [3.05, 3.63) is 0 Å². The Kier molecular flexibility index (Phi) is 31.1. The molecule has 3 unspecified atom stereocenters. The van der Waals surface area contributed by atoms with Crippen molar-refractivity contribution < 1.29 is 19.1 Å². The average Bonchev–Trinajstić information content (AvgIpc) is 3.01. The monoisotopic (exact) mass is 623 g/mol. The number of carbonyl (C=O) groups is 2. The zero-order valence-electron chi connectivity index (χ0n) is 30.7. The van der Waals surface area contributed by atoms with E-state index in [-0.39, 0.29) is 17.9 Å². The Morgan fingerprint density at radius 1 is 0.500 bits per heavy atom. The standard InChI is InChI=1S/C40H78O4/c1-7-11-15-20-27-36(26-13-9-3)34-44-39(41)32-24-19-23-30-37(35(5)6)29-22-17-18-25-33-43-40(42)38(28-14-10-4)31-21-16-12-8-2/h35-38H,7-34H2,1-6H3. The number of unbranched alkanes of at least 4 members (excludes halogenated alkanes) is 13. The summed E-state index contributed by atoms with van der Waals surface area (Å²) >= 11 is 0. The summed E-state index contributed by atoms with van der Waals surface area (Å²) in [6.07, 6.45) is 30.2. The van der Waals surface area contributed by atoms with Gasteiger partial charge in [-0.1, -0.05) is 164 Å². The average molecular weight is 623 g/mol. The highest BCUT2D eigenvalue weighted by atomic mass is 16.5. The first-order chi connectivity index (χ1) is 21.4. The molecule has 0 amide bonds. The predicted molar refractivity (Wildman–Crippen MR) is 190 cm³/mol. The van der Waals surface area contributed by atoms with Gasteiger partial charge in [0.25, 0.3) is 0 Å². The molecule has 0 aliphatic carbocycles. The van der Waals surface area contributed by atoms with Crippen LogP contribution in [0.25, 0.3) is 0 Å². The van der Waals surface area contributed by atoms with Crippen molar-refractivity contribution in [2.24, 2.45) is 23.7 Å². The summed E-state index contributed by atoms with van der Waals surface area (Å²) in [7, 11) is 0. The molecule has 0 bridgehead atoms. The van der Waals surface area contributed by atoms with Crippen molar-refractivity contribution >= 4 is 11.9 Å². The van der Waals surface area contributed by atoms with Crippen LogP contribution in [0, 0.1) is 23.7 Å². The highest BCUT2D eigenvalue weighted by Crippen LogP contribution is 2.26. The van der Waals surface area contributed by atoms with Crippen molar-refractivity contribution in [3.8, 4) is 0 Å². The normalized spacial score (nSPS) is 13.6. The van der Waals surface area contributed by atoms with Gasteiger partial charge in [-0.3, -0.25) is 9.59 Å². The van der Waals surface area contributed by atoms with Crippen molar-refractivity contribution in [2.75, 3.05) is 13.2 Å². The Balaban J connectivity index is 4.07. The van der Waals surface area contributed by atoms with Crippen molar-refractivity contribution in [3.63, 3.8) is 0 Å². The maximum atomic E-state index is 12.6. The second kappa shape index (κ2) is 31.9. The molecule has 44 heavy (non-hydrogen) atoms. The van der Waals surface area contributed by atoms with E-state index >= 15 is 0 Å². The van der Waals surface area contributed by atoms with Crippen LogP contribution < -0.4 is 0 Å². The highest BCUT2D eigenvalue weighted by molar-refractivity contribution is 5.72. The highest BCUT2D eigenvalue weighted by Gasteiger charge is 2.19. The molecule has 0 aliphatic heterocycles. The lowest BCUT2D eigenvalue weighted by molar-refractivity contribution is -0.149. The summed E-state index contributed by atoms with van der Waals surface area (Å²) in [5.74, 6) is 2.18. The van der Waals surface area contributed by atoms with Crippen LogP contribution in [-0.2, 0) is 19.1 Å². The molecular formula is C40H78O4. The molecule has 0 aromatic carbocycles. The minimum Gasteiger partial charge on any atom is -0.465 e. The van der Waals surface area contributed by atoms with E-state index in [0.29, 0.717) is 31.5 Å². The Bertz CT molecular complexity index is 631. The second-order valence-corrected chi connectivity index (χ2v) is 14.2. The minimum absolute atomic E-state index is 0.00889. The maximum Gasteiger partial charge on any atom is 0.308 e. The topological polar surface area (TPSA) is 52.6 Å². The van der Waals surface area contributed by atoms with Crippen molar-refractivity contribution in [2.45, 2.75) is 208 Å². The van der Waals surface area contributed by atoms with Crippen LogP contribution in [0.1, 0.15) is 208 Å². The van der Waals surface area contributed by atoms with Gasteiger partial charge in [-0.25, -0.2) is 0 Å². The summed E-state index contributed by atoms with van der Waals surface area (Å²) in [5, 5.41) is 0. The van der Waals surface area contributed by atoms with Crippen LogP contribution >= 0.6 is 0 Å². The fraction of sp³-hybridized carbons (Fsp3) is 0.950. The second-order valence-electron chi connectivity index (χ2n) is 14.2. The van der Waals surface area contributed by atoms with Crippen LogP contribution in [0.2, 0.25) is 0 Å². The number of carbonyl (C=O) groups excluding carboxylic acids is 2. The fourth-order valence-corrected chi connectivity index (χ4v) is 6.41. The maximum absolute atomic E-state index is 12.6. The van der Waals surface area contributed by atoms with Crippen molar-refractivity contribution in [1.29, 1.82) is 0 Å². The Morgan fingerprint density at radius 2 is 0.977 bits per heavy atom. The van der Waals surface area contributed by atoms with Crippen molar-refractivity contribution in [1.82, 2.24) is 0 Å². The van der Waals surface area contributed by atoms with E-state index in [0.717, 1.165) is 63.7 Å². The molecule has 0 aliphatic rings. The molecule has 0 fully saturated rings.